The van der Waals surface area contributed by atoms with Gasteiger partial charge in [-0.15, -0.1) is 11.3 Å². The Bertz CT molecular complexity index is 760. The summed E-state index contributed by atoms with van der Waals surface area (Å²) in [5, 5.41) is 14.2. The van der Waals surface area contributed by atoms with Crippen LogP contribution in [-0.2, 0) is 13.5 Å². The van der Waals surface area contributed by atoms with Crippen molar-refractivity contribution in [2.24, 2.45) is 7.05 Å². The maximum absolute atomic E-state index is 12.5. The third kappa shape index (κ3) is 3.26. The van der Waals surface area contributed by atoms with Gasteiger partial charge in [0.15, 0.2) is 0 Å². The molecule has 1 N–H and O–H groups in total. The Labute approximate surface area is 136 Å². The lowest BCUT2D eigenvalue weighted by atomic mass is 10.1. The predicted molar refractivity (Wildman–Crippen MR) is 88.3 cm³/mol. The van der Waals surface area contributed by atoms with Crippen molar-refractivity contribution < 1.29 is 4.79 Å². The summed E-state index contributed by atoms with van der Waals surface area (Å²) in [5.41, 5.74) is 2.72. The van der Waals surface area contributed by atoms with Gasteiger partial charge >= 0.3 is 0 Å². The molecule has 0 unspecified atom stereocenters. The summed E-state index contributed by atoms with van der Waals surface area (Å²) < 4.78 is 1.57. The highest BCUT2D eigenvalue weighted by molar-refractivity contribution is 7.09. The van der Waals surface area contributed by atoms with Crippen molar-refractivity contribution >= 4 is 28.6 Å². The van der Waals surface area contributed by atoms with Crippen LogP contribution in [0.4, 0.5) is 0 Å². The second-order valence-corrected chi connectivity index (χ2v) is 6.70. The zero-order valence-corrected chi connectivity index (χ0v) is 13.9. The number of amides is 1. The van der Waals surface area contributed by atoms with Crippen LogP contribution in [0.2, 0.25) is 0 Å². The molecule has 0 bridgehead atoms. The number of hydrogen-bond acceptors (Lipinski definition) is 5. The van der Waals surface area contributed by atoms with E-state index in [4.69, 9.17) is 0 Å². The highest BCUT2D eigenvalue weighted by Crippen LogP contribution is 2.23. The van der Waals surface area contributed by atoms with E-state index in [0.29, 0.717) is 5.69 Å². The van der Waals surface area contributed by atoms with Crippen LogP contribution in [0.15, 0.2) is 34.5 Å². The van der Waals surface area contributed by atoms with Gasteiger partial charge in [-0.1, -0.05) is 0 Å². The molecule has 114 valence electrons. The van der Waals surface area contributed by atoms with E-state index in [-0.39, 0.29) is 11.9 Å². The smallest absolute Gasteiger partial charge is 0.270 e. The van der Waals surface area contributed by atoms with Crippen LogP contribution in [0, 0.1) is 6.92 Å². The molecule has 22 heavy (non-hydrogen) atoms. The molecule has 3 aromatic heterocycles. The normalized spacial score (nSPS) is 12.3. The lowest BCUT2D eigenvalue weighted by Gasteiger charge is -2.16. The molecule has 0 aliphatic carbocycles. The molecule has 0 fully saturated rings. The number of carbonyl (C=O) groups excluding carboxylic acids is 1. The fourth-order valence-electron chi connectivity index (χ4n) is 2.21. The minimum atomic E-state index is -0.131. The largest absolute Gasteiger partial charge is 0.341 e. The van der Waals surface area contributed by atoms with Gasteiger partial charge in [-0.3, -0.25) is 9.48 Å². The highest BCUT2D eigenvalue weighted by Gasteiger charge is 2.20. The van der Waals surface area contributed by atoms with Crippen LogP contribution in [0.25, 0.3) is 0 Å². The third-order valence-corrected chi connectivity index (χ3v) is 5.12. The molecule has 7 heteroatoms. The molecule has 0 aromatic carbocycles. The van der Waals surface area contributed by atoms with Gasteiger partial charge in [0, 0.05) is 30.7 Å². The lowest BCUT2D eigenvalue weighted by molar-refractivity contribution is 0.0927. The van der Waals surface area contributed by atoms with Gasteiger partial charge < -0.3 is 5.32 Å². The van der Waals surface area contributed by atoms with Crippen LogP contribution >= 0.6 is 22.7 Å². The van der Waals surface area contributed by atoms with Crippen molar-refractivity contribution in [2.75, 3.05) is 0 Å². The summed E-state index contributed by atoms with van der Waals surface area (Å²) in [6.07, 6.45) is 2.36. The average Bonchev–Trinajstić information content (AvgIpc) is 3.20. The number of hydrogen-bond donors (Lipinski definition) is 1. The Morgan fingerprint density at radius 1 is 1.41 bits per heavy atom. The molecule has 0 spiro atoms. The Balaban J connectivity index is 1.82. The predicted octanol–water partition coefficient (Wildman–Crippen LogP) is 2.96. The maximum Gasteiger partial charge on any atom is 0.270 e. The van der Waals surface area contributed by atoms with Crippen LogP contribution in [0.1, 0.15) is 32.8 Å². The summed E-state index contributed by atoms with van der Waals surface area (Å²) in [4.78, 5) is 17.0. The Kier molecular flexibility index (Phi) is 4.35. The van der Waals surface area contributed by atoms with Crippen LogP contribution < -0.4 is 5.32 Å². The molecule has 3 heterocycles. The van der Waals surface area contributed by atoms with E-state index >= 15 is 0 Å². The van der Waals surface area contributed by atoms with Crippen LogP contribution in [-0.4, -0.2) is 20.7 Å². The van der Waals surface area contributed by atoms with Gasteiger partial charge in [0.05, 0.1) is 6.04 Å². The fraction of sp³-hybridized carbons (Fsp3) is 0.267. The first kappa shape index (κ1) is 14.9. The molecule has 0 aliphatic rings. The SMILES string of the molecule is Cc1csc([C@@H](Cc2ccsc2)NC(=O)c2ccnn2C)n1. The highest BCUT2D eigenvalue weighted by atomic mass is 32.1. The van der Waals surface area contributed by atoms with Gasteiger partial charge in [-0.25, -0.2) is 4.98 Å². The fourth-order valence-corrected chi connectivity index (χ4v) is 3.73. The molecule has 1 atom stereocenters. The number of thiazole rings is 1. The number of thiophene rings is 1. The number of aryl methyl sites for hydroxylation is 2. The van der Waals surface area contributed by atoms with Gasteiger partial charge in [-0.2, -0.15) is 16.4 Å². The molecule has 3 aromatic rings. The zero-order chi connectivity index (χ0) is 15.5. The molecule has 0 saturated carbocycles. The van der Waals surface area contributed by atoms with E-state index in [1.165, 1.54) is 5.56 Å². The second-order valence-electron chi connectivity index (χ2n) is 5.03. The zero-order valence-electron chi connectivity index (χ0n) is 12.3. The van der Waals surface area contributed by atoms with Crippen molar-refractivity contribution in [3.05, 3.63) is 56.4 Å². The Morgan fingerprint density at radius 3 is 2.86 bits per heavy atom. The van der Waals surface area contributed by atoms with Crippen molar-refractivity contribution in [2.45, 2.75) is 19.4 Å². The average molecular weight is 332 g/mol. The minimum Gasteiger partial charge on any atom is -0.341 e. The number of nitrogens with one attached hydrogen (secondary N) is 1. The standard InChI is InChI=1S/C15H16N4OS2/c1-10-8-22-15(17-10)12(7-11-4-6-21-9-11)18-14(20)13-3-5-16-19(13)2/h3-6,8-9,12H,7H2,1-2H3,(H,18,20)/t12-/m1/s1. The molecule has 0 aliphatic heterocycles. The molecular formula is C15H16N4OS2. The first-order chi connectivity index (χ1) is 10.6. The summed E-state index contributed by atoms with van der Waals surface area (Å²) in [5.74, 6) is -0.131. The van der Waals surface area contributed by atoms with E-state index in [1.807, 2.05) is 17.7 Å². The maximum atomic E-state index is 12.5. The van der Waals surface area contributed by atoms with Gasteiger partial charge in [0.25, 0.3) is 5.91 Å². The van der Waals surface area contributed by atoms with E-state index in [9.17, 15) is 4.79 Å². The topological polar surface area (TPSA) is 59.8 Å². The monoisotopic (exact) mass is 332 g/mol. The number of rotatable bonds is 5. The van der Waals surface area contributed by atoms with Crippen molar-refractivity contribution in [3.8, 4) is 0 Å². The summed E-state index contributed by atoms with van der Waals surface area (Å²) in [6.45, 7) is 1.96. The summed E-state index contributed by atoms with van der Waals surface area (Å²) in [7, 11) is 1.76. The first-order valence-corrected chi connectivity index (χ1v) is 8.67. The van der Waals surface area contributed by atoms with Crippen LogP contribution in [0.5, 0.6) is 0 Å². The van der Waals surface area contributed by atoms with Crippen LogP contribution in [0.3, 0.4) is 0 Å². The quantitative estimate of drug-likeness (QED) is 0.781. The van der Waals surface area contributed by atoms with Gasteiger partial charge in [0.2, 0.25) is 0 Å². The molecule has 0 radical (unpaired) electrons. The van der Waals surface area contributed by atoms with Crippen molar-refractivity contribution in [3.63, 3.8) is 0 Å². The second kappa shape index (κ2) is 6.41. The van der Waals surface area contributed by atoms with E-state index in [2.05, 4.69) is 26.8 Å². The molecule has 0 saturated heterocycles. The lowest BCUT2D eigenvalue weighted by Crippen LogP contribution is -2.31. The molecular weight excluding hydrogens is 316 g/mol. The van der Waals surface area contributed by atoms with Crippen molar-refractivity contribution in [1.29, 1.82) is 0 Å². The number of aromatic nitrogens is 3. The third-order valence-electron chi connectivity index (χ3n) is 3.31. The van der Waals surface area contributed by atoms with Gasteiger partial charge in [0.1, 0.15) is 10.7 Å². The Hall–Kier alpha value is -1.99. The van der Waals surface area contributed by atoms with E-state index in [0.717, 1.165) is 17.1 Å². The first-order valence-electron chi connectivity index (χ1n) is 6.85. The van der Waals surface area contributed by atoms with E-state index in [1.54, 1.807) is 46.7 Å². The van der Waals surface area contributed by atoms with Crippen molar-refractivity contribution in [1.82, 2.24) is 20.1 Å². The summed E-state index contributed by atoms with van der Waals surface area (Å²) >= 11 is 3.24. The summed E-state index contributed by atoms with van der Waals surface area (Å²) in [6, 6.07) is 3.66. The minimum absolute atomic E-state index is 0.129. The number of nitrogens with zero attached hydrogens (tertiary/aromatic N) is 3. The molecule has 1 amide bonds. The van der Waals surface area contributed by atoms with Gasteiger partial charge in [-0.05, 0) is 35.4 Å². The van der Waals surface area contributed by atoms with E-state index < -0.39 is 0 Å². The Morgan fingerprint density at radius 2 is 2.27 bits per heavy atom. The molecule has 5 nitrogen and oxygen atoms in total. The number of carbonyl (C=O) groups is 1. The molecule has 3 rings (SSSR count).